The Hall–Kier alpha value is -3.40. The lowest BCUT2D eigenvalue weighted by molar-refractivity contribution is -0.124. The predicted octanol–water partition coefficient (Wildman–Crippen LogP) is 2.82. The quantitative estimate of drug-likeness (QED) is 0.384. The molecule has 0 radical (unpaired) electrons. The third kappa shape index (κ3) is 8.10. The Morgan fingerprint density at radius 3 is 2.37 bits per heavy atom. The van der Waals surface area contributed by atoms with Gasteiger partial charge >= 0.3 is 0 Å². The first-order valence-electron chi connectivity index (χ1n) is 11.6. The molecule has 1 unspecified atom stereocenters. The van der Waals surface area contributed by atoms with Crippen LogP contribution in [0, 0.1) is 0 Å². The molecule has 1 aliphatic rings. The lowest BCUT2D eigenvalue weighted by Gasteiger charge is -2.27. The van der Waals surface area contributed by atoms with Gasteiger partial charge in [0, 0.05) is 6.04 Å². The van der Waals surface area contributed by atoms with E-state index in [9.17, 15) is 18.0 Å². The van der Waals surface area contributed by atoms with Crippen LogP contribution in [0.3, 0.4) is 0 Å². The van der Waals surface area contributed by atoms with Crippen molar-refractivity contribution in [3.63, 3.8) is 0 Å². The van der Waals surface area contributed by atoms with Gasteiger partial charge in [0.15, 0.2) is 6.61 Å². The minimum Gasteiger partial charge on any atom is -0.484 e. The largest absolute Gasteiger partial charge is 0.484 e. The van der Waals surface area contributed by atoms with Crippen LogP contribution in [0.2, 0.25) is 0 Å². The van der Waals surface area contributed by atoms with E-state index in [0.717, 1.165) is 36.2 Å². The highest BCUT2D eigenvalue weighted by atomic mass is 32.2. The summed E-state index contributed by atoms with van der Waals surface area (Å²) in [4.78, 5) is 24.6. The van der Waals surface area contributed by atoms with Crippen LogP contribution in [0.15, 0.2) is 59.7 Å². The summed E-state index contributed by atoms with van der Waals surface area (Å²) >= 11 is 0. The number of hydrogen-bond acceptors (Lipinski definition) is 6. The van der Waals surface area contributed by atoms with Crippen LogP contribution in [0.1, 0.15) is 44.6 Å². The van der Waals surface area contributed by atoms with Gasteiger partial charge < -0.3 is 10.1 Å². The van der Waals surface area contributed by atoms with E-state index in [1.165, 1.54) is 19.6 Å². The molecule has 3 rings (SSSR count). The number of hydrazone groups is 1. The lowest BCUT2D eigenvalue weighted by atomic mass is 9.95. The van der Waals surface area contributed by atoms with Crippen molar-refractivity contribution in [3.05, 3.63) is 60.2 Å². The van der Waals surface area contributed by atoms with Gasteiger partial charge in [-0.2, -0.15) is 5.10 Å². The van der Waals surface area contributed by atoms with Crippen LogP contribution in [0.4, 0.5) is 5.69 Å². The molecule has 2 aromatic carbocycles. The molecule has 0 bridgehead atoms. The molecule has 35 heavy (non-hydrogen) atoms. The maximum absolute atomic E-state index is 12.6. The highest BCUT2D eigenvalue weighted by Crippen LogP contribution is 2.20. The molecular formula is C25H32N4O5S. The molecule has 1 saturated carbocycles. The minimum atomic E-state index is -3.69. The molecule has 0 saturated heterocycles. The van der Waals surface area contributed by atoms with Crippen LogP contribution in [0.5, 0.6) is 5.75 Å². The summed E-state index contributed by atoms with van der Waals surface area (Å²) in [5, 5.41) is 6.95. The number of amides is 2. The van der Waals surface area contributed by atoms with E-state index in [1.807, 2.05) is 0 Å². The second kappa shape index (κ2) is 12.3. The second-order valence-electron chi connectivity index (χ2n) is 8.56. The molecule has 2 N–H and O–H groups in total. The Morgan fingerprint density at radius 1 is 1.09 bits per heavy atom. The number of anilines is 1. The van der Waals surface area contributed by atoms with Crippen LogP contribution in [0.25, 0.3) is 0 Å². The molecule has 0 aromatic heterocycles. The number of carbonyl (C=O) groups is 2. The number of nitrogens with one attached hydrogen (secondary N) is 2. The average Bonchev–Trinajstić information content (AvgIpc) is 2.84. The van der Waals surface area contributed by atoms with Crippen LogP contribution < -0.4 is 19.8 Å². The fraction of sp³-hybridized carbons (Fsp3) is 0.400. The first-order chi connectivity index (χ1) is 16.7. The van der Waals surface area contributed by atoms with E-state index in [1.54, 1.807) is 54.6 Å². The van der Waals surface area contributed by atoms with E-state index < -0.39 is 22.0 Å². The zero-order valence-corrected chi connectivity index (χ0v) is 20.8. The minimum absolute atomic E-state index is 0.0455. The topological polar surface area (TPSA) is 117 Å². The molecule has 9 nitrogen and oxygen atoms in total. The molecule has 1 aliphatic carbocycles. The summed E-state index contributed by atoms with van der Waals surface area (Å²) in [5.41, 5.74) is 3.47. The third-order valence-corrected chi connectivity index (χ3v) is 6.95. The summed E-state index contributed by atoms with van der Waals surface area (Å²) in [6, 6.07) is 14.5. The molecule has 2 amide bonds. The molecule has 0 aliphatic heterocycles. The summed E-state index contributed by atoms with van der Waals surface area (Å²) in [5.74, 6) is -0.150. The summed E-state index contributed by atoms with van der Waals surface area (Å²) < 4.78 is 31.1. The van der Waals surface area contributed by atoms with Crippen molar-refractivity contribution in [2.24, 2.45) is 5.10 Å². The van der Waals surface area contributed by atoms with Gasteiger partial charge in [-0.3, -0.25) is 13.9 Å². The fourth-order valence-corrected chi connectivity index (χ4v) is 5.14. The Morgan fingerprint density at radius 2 is 1.74 bits per heavy atom. The van der Waals surface area contributed by atoms with Gasteiger partial charge in [0.25, 0.3) is 11.8 Å². The number of hydrogen-bond donors (Lipinski definition) is 2. The molecule has 0 heterocycles. The van der Waals surface area contributed by atoms with Crippen molar-refractivity contribution in [2.45, 2.75) is 51.1 Å². The monoisotopic (exact) mass is 500 g/mol. The molecule has 188 valence electrons. The average molecular weight is 501 g/mol. The normalized spacial score (nSPS) is 15.4. The van der Waals surface area contributed by atoms with Crippen molar-refractivity contribution in [1.29, 1.82) is 0 Å². The predicted molar refractivity (Wildman–Crippen MR) is 136 cm³/mol. The number of sulfonamides is 1. The fourth-order valence-electron chi connectivity index (χ4n) is 3.96. The second-order valence-corrected chi connectivity index (χ2v) is 10.4. The highest BCUT2D eigenvalue weighted by molar-refractivity contribution is 7.92. The van der Waals surface area contributed by atoms with Crippen molar-refractivity contribution in [2.75, 3.05) is 17.2 Å². The van der Waals surface area contributed by atoms with Crippen molar-refractivity contribution in [1.82, 2.24) is 10.7 Å². The van der Waals surface area contributed by atoms with Crippen LogP contribution in [-0.4, -0.2) is 51.4 Å². The number of para-hydroxylation sites is 1. The number of carbonyl (C=O) groups excluding carboxylic acids is 2. The zero-order valence-electron chi connectivity index (χ0n) is 20.0. The Bertz CT molecular complexity index is 1110. The lowest BCUT2D eigenvalue weighted by Crippen LogP contribution is -2.46. The van der Waals surface area contributed by atoms with E-state index in [0.29, 0.717) is 17.0 Å². The number of benzene rings is 2. The van der Waals surface area contributed by atoms with Crippen molar-refractivity contribution >= 4 is 33.7 Å². The van der Waals surface area contributed by atoms with Crippen LogP contribution >= 0.6 is 0 Å². The standard InChI is InChI=1S/C25H32N4O5S/c1-19(29(35(2,32)33)22-11-7-4-8-12-22)25(31)28-26-17-20-13-15-23(16-14-20)34-18-24(30)27-21-9-5-3-6-10-21/h4,7-8,11-17,19,21H,3,5-6,9-10,18H2,1-2H3,(H,27,30)(H,28,31)/b26-17+. The number of rotatable bonds is 10. The smallest absolute Gasteiger partial charge is 0.263 e. The van der Waals surface area contributed by atoms with Gasteiger partial charge in [-0.05, 0) is 61.7 Å². The van der Waals surface area contributed by atoms with Crippen molar-refractivity contribution < 1.29 is 22.7 Å². The Kier molecular flexibility index (Phi) is 9.25. The maximum Gasteiger partial charge on any atom is 0.263 e. The maximum atomic E-state index is 12.6. The molecule has 1 fully saturated rings. The van der Waals surface area contributed by atoms with E-state index in [2.05, 4.69) is 15.8 Å². The molecule has 10 heteroatoms. The molecule has 1 atom stereocenters. The zero-order chi connectivity index (χ0) is 25.3. The Balaban J connectivity index is 1.49. The van der Waals surface area contributed by atoms with Gasteiger partial charge in [0.05, 0.1) is 18.2 Å². The molecule has 0 spiro atoms. The number of nitrogens with zero attached hydrogens (tertiary/aromatic N) is 2. The van der Waals surface area contributed by atoms with Gasteiger partial charge in [0.1, 0.15) is 11.8 Å². The SMILES string of the molecule is CC(C(=O)N/N=C/c1ccc(OCC(=O)NC2CCCCC2)cc1)N(c1ccccc1)S(C)(=O)=O. The molecular weight excluding hydrogens is 468 g/mol. The van der Waals surface area contributed by atoms with Gasteiger partial charge in [0.2, 0.25) is 10.0 Å². The summed E-state index contributed by atoms with van der Waals surface area (Å²) in [6.07, 6.45) is 8.07. The van der Waals surface area contributed by atoms with E-state index in [4.69, 9.17) is 4.74 Å². The summed E-state index contributed by atoms with van der Waals surface area (Å²) in [7, 11) is -3.69. The van der Waals surface area contributed by atoms with E-state index in [-0.39, 0.29) is 18.6 Å². The first-order valence-corrected chi connectivity index (χ1v) is 13.5. The number of ether oxygens (including phenoxy) is 1. The first kappa shape index (κ1) is 26.2. The summed E-state index contributed by atoms with van der Waals surface area (Å²) in [6.45, 7) is 1.45. The molecule has 2 aromatic rings. The third-order valence-electron chi connectivity index (χ3n) is 5.71. The van der Waals surface area contributed by atoms with E-state index >= 15 is 0 Å². The van der Waals surface area contributed by atoms with Gasteiger partial charge in [-0.1, -0.05) is 37.5 Å². The highest BCUT2D eigenvalue weighted by Gasteiger charge is 2.28. The van der Waals surface area contributed by atoms with Gasteiger partial charge in [-0.15, -0.1) is 0 Å². The van der Waals surface area contributed by atoms with Crippen LogP contribution in [-0.2, 0) is 19.6 Å². The Labute approximate surface area is 206 Å². The van der Waals surface area contributed by atoms with Crippen molar-refractivity contribution in [3.8, 4) is 5.75 Å². The van der Waals surface area contributed by atoms with Gasteiger partial charge in [-0.25, -0.2) is 13.8 Å².